The first-order valence-corrected chi connectivity index (χ1v) is 9.62. The minimum Gasteiger partial charge on any atom is -0.340 e. The summed E-state index contributed by atoms with van der Waals surface area (Å²) in [6, 6.07) is 20.1. The summed E-state index contributed by atoms with van der Waals surface area (Å²) in [5, 5.41) is 21.8. The Morgan fingerprint density at radius 3 is 2.60 bits per heavy atom. The van der Waals surface area contributed by atoms with Crippen LogP contribution < -0.4 is 10.6 Å². The minimum atomic E-state index is 0.486. The highest BCUT2D eigenvalue weighted by Gasteiger charge is 2.09. The summed E-state index contributed by atoms with van der Waals surface area (Å²) in [5.74, 6) is 1.86. The number of aromatic nitrogens is 6. The highest BCUT2D eigenvalue weighted by atomic mass is 15.2. The van der Waals surface area contributed by atoms with E-state index in [1.54, 1.807) is 6.20 Å². The van der Waals surface area contributed by atoms with Gasteiger partial charge in [-0.1, -0.05) is 30.3 Å². The lowest BCUT2D eigenvalue weighted by molar-refractivity contribution is 1.02. The molecular formula is C22H20N8. The van der Waals surface area contributed by atoms with Gasteiger partial charge in [0.1, 0.15) is 5.82 Å². The van der Waals surface area contributed by atoms with Crippen LogP contribution in [0.25, 0.3) is 10.9 Å². The molecule has 3 aromatic heterocycles. The first kappa shape index (κ1) is 17.9. The van der Waals surface area contributed by atoms with Gasteiger partial charge < -0.3 is 10.6 Å². The Morgan fingerprint density at radius 2 is 1.77 bits per heavy atom. The van der Waals surface area contributed by atoms with Crippen LogP contribution in [0.1, 0.15) is 17.0 Å². The second-order valence-corrected chi connectivity index (χ2v) is 7.09. The van der Waals surface area contributed by atoms with Crippen molar-refractivity contribution >= 4 is 34.2 Å². The molecule has 0 bridgehead atoms. The average molecular weight is 396 g/mol. The van der Waals surface area contributed by atoms with Crippen LogP contribution in [0.2, 0.25) is 0 Å². The van der Waals surface area contributed by atoms with Gasteiger partial charge in [0.25, 0.3) is 0 Å². The van der Waals surface area contributed by atoms with Crippen molar-refractivity contribution in [3.05, 3.63) is 83.8 Å². The third-order valence-electron chi connectivity index (χ3n) is 4.67. The Labute approximate surface area is 172 Å². The Kier molecular flexibility index (Phi) is 4.57. The maximum absolute atomic E-state index is 4.68. The molecule has 0 aliphatic heterocycles. The summed E-state index contributed by atoms with van der Waals surface area (Å²) in [6.45, 7) is 1.95. The molecule has 4 N–H and O–H groups in total. The molecule has 0 aliphatic rings. The molecule has 5 rings (SSSR count). The van der Waals surface area contributed by atoms with E-state index in [2.05, 4.69) is 53.1 Å². The zero-order valence-corrected chi connectivity index (χ0v) is 16.3. The number of rotatable bonds is 6. The molecule has 148 valence electrons. The Morgan fingerprint density at radius 1 is 0.867 bits per heavy atom. The highest BCUT2D eigenvalue weighted by molar-refractivity contribution is 5.82. The third kappa shape index (κ3) is 3.97. The number of fused-ring (bicyclic) bond motifs is 1. The molecule has 0 spiro atoms. The molecular weight excluding hydrogens is 376 g/mol. The van der Waals surface area contributed by atoms with Crippen LogP contribution in [0.15, 0.2) is 66.9 Å². The maximum Gasteiger partial charge on any atom is 0.230 e. The normalized spacial score (nSPS) is 11.0. The van der Waals surface area contributed by atoms with Gasteiger partial charge >= 0.3 is 0 Å². The SMILES string of the molecule is Cc1cc(Nc2nc(Cc3ccccc3)cc(Nc3ccc4cn[nH]c4c3)n2)n[nH]1. The summed E-state index contributed by atoms with van der Waals surface area (Å²) >= 11 is 0. The fraction of sp³-hybridized carbons (Fsp3) is 0.0909. The van der Waals surface area contributed by atoms with Gasteiger partial charge in [-0.3, -0.25) is 10.2 Å². The molecule has 8 heteroatoms. The van der Waals surface area contributed by atoms with E-state index in [1.807, 2.05) is 55.5 Å². The van der Waals surface area contributed by atoms with Crippen molar-refractivity contribution in [1.82, 2.24) is 30.4 Å². The number of hydrogen-bond donors (Lipinski definition) is 4. The zero-order chi connectivity index (χ0) is 20.3. The molecule has 3 heterocycles. The highest BCUT2D eigenvalue weighted by Crippen LogP contribution is 2.23. The number of anilines is 4. The van der Waals surface area contributed by atoms with Crippen molar-refractivity contribution in [3.63, 3.8) is 0 Å². The molecule has 0 fully saturated rings. The van der Waals surface area contributed by atoms with Crippen LogP contribution in [-0.4, -0.2) is 30.4 Å². The van der Waals surface area contributed by atoms with E-state index in [-0.39, 0.29) is 0 Å². The first-order chi connectivity index (χ1) is 14.7. The van der Waals surface area contributed by atoms with Crippen LogP contribution in [0.3, 0.4) is 0 Å². The predicted octanol–water partition coefficient (Wildman–Crippen LogP) is 4.46. The summed E-state index contributed by atoms with van der Waals surface area (Å²) in [4.78, 5) is 9.31. The van der Waals surface area contributed by atoms with Gasteiger partial charge in [0.05, 0.1) is 17.4 Å². The fourth-order valence-electron chi connectivity index (χ4n) is 3.27. The Hall–Kier alpha value is -4.20. The minimum absolute atomic E-state index is 0.486. The maximum atomic E-state index is 4.68. The van der Waals surface area contributed by atoms with Gasteiger partial charge in [0.2, 0.25) is 5.95 Å². The molecule has 30 heavy (non-hydrogen) atoms. The smallest absolute Gasteiger partial charge is 0.230 e. The van der Waals surface area contributed by atoms with Gasteiger partial charge in [-0.15, -0.1) is 0 Å². The van der Waals surface area contributed by atoms with Crippen molar-refractivity contribution in [2.75, 3.05) is 10.6 Å². The van der Waals surface area contributed by atoms with Gasteiger partial charge in [0, 0.05) is 35.3 Å². The van der Waals surface area contributed by atoms with Gasteiger partial charge in [0.15, 0.2) is 5.82 Å². The van der Waals surface area contributed by atoms with E-state index in [4.69, 9.17) is 0 Å². The molecule has 0 radical (unpaired) electrons. The van der Waals surface area contributed by atoms with Crippen LogP contribution in [0.5, 0.6) is 0 Å². The van der Waals surface area contributed by atoms with Crippen LogP contribution >= 0.6 is 0 Å². The summed E-state index contributed by atoms with van der Waals surface area (Å²) < 4.78 is 0. The van der Waals surface area contributed by atoms with Crippen molar-refractivity contribution < 1.29 is 0 Å². The number of nitrogens with one attached hydrogen (secondary N) is 4. The molecule has 2 aromatic carbocycles. The van der Waals surface area contributed by atoms with Crippen molar-refractivity contribution in [1.29, 1.82) is 0 Å². The van der Waals surface area contributed by atoms with E-state index < -0.39 is 0 Å². The monoisotopic (exact) mass is 396 g/mol. The number of aromatic amines is 2. The Bertz CT molecular complexity index is 1290. The summed E-state index contributed by atoms with van der Waals surface area (Å²) in [7, 11) is 0. The Balaban J connectivity index is 1.47. The number of aryl methyl sites for hydroxylation is 1. The standard InChI is InChI=1S/C22H20N8/c1-14-9-21(30-28-14)27-22-25-18(10-15-5-3-2-4-6-15)12-20(26-22)24-17-8-7-16-13-23-29-19(16)11-17/h2-9,11-13H,10H2,1H3,(H,23,29)(H3,24,25,26,27,28,30). The second kappa shape index (κ2) is 7.67. The van der Waals surface area contributed by atoms with Gasteiger partial charge in [-0.25, -0.2) is 4.98 Å². The van der Waals surface area contributed by atoms with Gasteiger partial charge in [-0.05, 0) is 30.7 Å². The molecule has 5 aromatic rings. The first-order valence-electron chi connectivity index (χ1n) is 9.62. The van der Waals surface area contributed by atoms with Crippen molar-refractivity contribution in [3.8, 4) is 0 Å². The third-order valence-corrected chi connectivity index (χ3v) is 4.67. The van der Waals surface area contributed by atoms with Crippen LogP contribution in [-0.2, 0) is 6.42 Å². The molecule has 0 atom stereocenters. The number of benzene rings is 2. The lowest BCUT2D eigenvalue weighted by Gasteiger charge is -2.11. The molecule has 0 unspecified atom stereocenters. The topological polar surface area (TPSA) is 107 Å². The average Bonchev–Trinajstić information content (AvgIpc) is 3.37. The quantitative estimate of drug-likeness (QED) is 0.337. The number of nitrogens with zero attached hydrogens (tertiary/aromatic N) is 4. The predicted molar refractivity (Wildman–Crippen MR) is 117 cm³/mol. The van der Waals surface area contributed by atoms with E-state index in [9.17, 15) is 0 Å². The van der Waals surface area contributed by atoms with Crippen molar-refractivity contribution in [2.24, 2.45) is 0 Å². The second-order valence-electron chi connectivity index (χ2n) is 7.09. The molecule has 0 aliphatic carbocycles. The van der Waals surface area contributed by atoms with Crippen molar-refractivity contribution in [2.45, 2.75) is 13.3 Å². The lowest BCUT2D eigenvalue weighted by Crippen LogP contribution is -2.05. The van der Waals surface area contributed by atoms with E-state index in [0.29, 0.717) is 24.0 Å². The number of H-pyrrole nitrogens is 2. The lowest BCUT2D eigenvalue weighted by atomic mass is 10.1. The largest absolute Gasteiger partial charge is 0.340 e. The molecule has 0 saturated carbocycles. The molecule has 8 nitrogen and oxygen atoms in total. The summed E-state index contributed by atoms with van der Waals surface area (Å²) in [5.41, 5.74) is 4.92. The fourth-order valence-corrected chi connectivity index (χ4v) is 3.27. The summed E-state index contributed by atoms with van der Waals surface area (Å²) in [6.07, 6.45) is 2.50. The van der Waals surface area contributed by atoms with E-state index in [1.165, 1.54) is 5.56 Å². The molecule has 0 saturated heterocycles. The van der Waals surface area contributed by atoms with Gasteiger partial charge in [-0.2, -0.15) is 15.2 Å². The van der Waals surface area contributed by atoms with E-state index >= 15 is 0 Å². The molecule has 0 amide bonds. The number of hydrogen-bond acceptors (Lipinski definition) is 6. The van der Waals surface area contributed by atoms with Crippen LogP contribution in [0, 0.1) is 6.92 Å². The van der Waals surface area contributed by atoms with E-state index in [0.717, 1.165) is 28.0 Å². The van der Waals surface area contributed by atoms with Crippen LogP contribution in [0.4, 0.5) is 23.3 Å². The zero-order valence-electron chi connectivity index (χ0n) is 16.3.